The average Bonchev–Trinajstić information content (AvgIpc) is 2.76. The lowest BCUT2D eigenvalue weighted by atomic mass is 10.3. The summed E-state index contributed by atoms with van der Waals surface area (Å²) in [6.07, 6.45) is 0. The number of carbonyl (C=O) groups is 1. The van der Waals surface area contributed by atoms with E-state index in [-0.39, 0.29) is 15.8 Å². The normalized spacial score (nSPS) is 10.3. The molecule has 0 radical (unpaired) electrons. The maximum Gasteiger partial charge on any atom is 0.353 e. The van der Waals surface area contributed by atoms with Crippen LogP contribution in [0.15, 0.2) is 29.6 Å². The minimum absolute atomic E-state index is 0.121. The molecule has 17 heavy (non-hydrogen) atoms. The van der Waals surface area contributed by atoms with Crippen molar-refractivity contribution in [2.75, 3.05) is 0 Å². The lowest BCUT2D eigenvalue weighted by Gasteiger charge is -2.07. The molecule has 0 unspecified atom stereocenters. The van der Waals surface area contributed by atoms with Crippen LogP contribution < -0.4 is 4.74 Å². The molecule has 0 atom stereocenters. The lowest BCUT2D eigenvalue weighted by molar-refractivity contribution is 0.0740. The van der Waals surface area contributed by atoms with Gasteiger partial charge in [0.2, 0.25) is 0 Å². The predicted molar refractivity (Wildman–Crippen MR) is 70.7 cm³/mol. The van der Waals surface area contributed by atoms with Gasteiger partial charge in [-0.15, -0.1) is 11.3 Å². The van der Waals surface area contributed by atoms with Gasteiger partial charge in [0.15, 0.2) is 5.75 Å². The van der Waals surface area contributed by atoms with Crippen LogP contribution in [0, 0.1) is 0 Å². The van der Waals surface area contributed by atoms with Crippen LogP contribution in [0.3, 0.4) is 0 Å². The molecule has 0 aliphatic carbocycles. The van der Waals surface area contributed by atoms with Crippen LogP contribution in [0.2, 0.25) is 15.1 Å². The summed E-state index contributed by atoms with van der Waals surface area (Å²) in [6.45, 7) is 0. The Bertz CT molecular complexity index is 529. The van der Waals surface area contributed by atoms with E-state index in [1.807, 2.05) is 0 Å². The second kappa shape index (κ2) is 5.27. The van der Waals surface area contributed by atoms with Crippen LogP contribution in [0.25, 0.3) is 0 Å². The van der Waals surface area contributed by atoms with E-state index >= 15 is 0 Å². The van der Waals surface area contributed by atoms with Crippen LogP contribution >= 0.6 is 46.1 Å². The van der Waals surface area contributed by atoms with Crippen molar-refractivity contribution in [3.63, 3.8) is 0 Å². The summed E-state index contributed by atoms with van der Waals surface area (Å²) in [5.41, 5.74) is 0. The molecule has 0 saturated carbocycles. The molecule has 6 heteroatoms. The van der Waals surface area contributed by atoms with Gasteiger partial charge in [-0.3, -0.25) is 0 Å². The Morgan fingerprint density at radius 3 is 2.35 bits per heavy atom. The van der Waals surface area contributed by atoms with E-state index in [4.69, 9.17) is 39.5 Å². The van der Waals surface area contributed by atoms with Gasteiger partial charge < -0.3 is 4.74 Å². The van der Waals surface area contributed by atoms with Crippen molar-refractivity contribution in [3.05, 3.63) is 49.6 Å². The molecule has 0 amide bonds. The van der Waals surface area contributed by atoms with Crippen molar-refractivity contribution in [1.29, 1.82) is 0 Å². The molecule has 1 aromatic heterocycles. The number of hydrogen-bond acceptors (Lipinski definition) is 3. The quantitative estimate of drug-likeness (QED) is 0.581. The molecule has 0 aliphatic heterocycles. The minimum atomic E-state index is -0.494. The monoisotopic (exact) mass is 306 g/mol. The zero-order valence-corrected chi connectivity index (χ0v) is 11.3. The summed E-state index contributed by atoms with van der Waals surface area (Å²) in [7, 11) is 0. The SMILES string of the molecule is O=C(Oc1c(Cl)cc(Cl)cc1Cl)c1cccs1. The summed E-state index contributed by atoms with van der Waals surface area (Å²) in [4.78, 5) is 12.2. The number of benzene rings is 1. The van der Waals surface area contributed by atoms with Crippen molar-refractivity contribution in [3.8, 4) is 5.75 Å². The van der Waals surface area contributed by atoms with Gasteiger partial charge in [-0.2, -0.15) is 0 Å². The van der Waals surface area contributed by atoms with Crippen LogP contribution in [0.5, 0.6) is 5.75 Å². The predicted octanol–water partition coefficient (Wildman–Crippen LogP) is 4.93. The zero-order valence-electron chi connectivity index (χ0n) is 8.25. The first kappa shape index (κ1) is 12.7. The van der Waals surface area contributed by atoms with Gasteiger partial charge in [-0.1, -0.05) is 40.9 Å². The molecule has 0 bridgehead atoms. The van der Waals surface area contributed by atoms with Crippen molar-refractivity contribution in [2.45, 2.75) is 0 Å². The molecule has 0 fully saturated rings. The number of carbonyl (C=O) groups excluding carboxylic acids is 1. The summed E-state index contributed by atoms with van der Waals surface area (Å²) in [5.74, 6) is -0.373. The highest BCUT2D eigenvalue weighted by molar-refractivity contribution is 7.12. The van der Waals surface area contributed by atoms with E-state index in [9.17, 15) is 4.79 Å². The smallest absolute Gasteiger partial charge is 0.353 e. The van der Waals surface area contributed by atoms with Crippen LogP contribution in [-0.4, -0.2) is 5.97 Å². The molecular formula is C11H5Cl3O2S. The van der Waals surface area contributed by atoms with E-state index in [2.05, 4.69) is 0 Å². The average molecular weight is 308 g/mol. The highest BCUT2D eigenvalue weighted by atomic mass is 35.5. The first-order valence-electron chi connectivity index (χ1n) is 4.48. The van der Waals surface area contributed by atoms with Gasteiger partial charge in [0.05, 0.1) is 10.0 Å². The maximum absolute atomic E-state index is 11.7. The number of rotatable bonds is 2. The van der Waals surface area contributed by atoms with Crippen LogP contribution in [0.4, 0.5) is 0 Å². The minimum Gasteiger partial charge on any atom is -0.419 e. The number of esters is 1. The van der Waals surface area contributed by atoms with Gasteiger partial charge in [0.1, 0.15) is 4.88 Å². The molecule has 2 rings (SSSR count). The fourth-order valence-electron chi connectivity index (χ4n) is 1.16. The Kier molecular flexibility index (Phi) is 3.94. The molecule has 0 aliphatic rings. The summed E-state index contributed by atoms with van der Waals surface area (Å²) in [6, 6.07) is 6.34. The topological polar surface area (TPSA) is 26.3 Å². The Morgan fingerprint density at radius 2 is 1.82 bits per heavy atom. The van der Waals surface area contributed by atoms with Crippen molar-refractivity contribution < 1.29 is 9.53 Å². The molecule has 0 saturated heterocycles. The summed E-state index contributed by atoms with van der Waals surface area (Å²) < 4.78 is 5.12. The highest BCUT2D eigenvalue weighted by Crippen LogP contribution is 2.36. The highest BCUT2D eigenvalue weighted by Gasteiger charge is 2.15. The molecule has 88 valence electrons. The maximum atomic E-state index is 11.7. The van der Waals surface area contributed by atoms with E-state index in [0.29, 0.717) is 9.90 Å². The molecular weight excluding hydrogens is 303 g/mol. The number of hydrogen-bond donors (Lipinski definition) is 0. The van der Waals surface area contributed by atoms with Gasteiger partial charge in [-0.25, -0.2) is 4.79 Å². The van der Waals surface area contributed by atoms with Crippen molar-refractivity contribution in [1.82, 2.24) is 0 Å². The molecule has 2 aromatic rings. The Labute approximate surface area is 117 Å². The third-order valence-electron chi connectivity index (χ3n) is 1.88. The first-order chi connectivity index (χ1) is 8.08. The van der Waals surface area contributed by atoms with Gasteiger partial charge in [0.25, 0.3) is 0 Å². The third kappa shape index (κ3) is 2.93. The summed E-state index contributed by atoms with van der Waals surface area (Å²) >= 11 is 18.8. The third-order valence-corrected chi connectivity index (χ3v) is 3.51. The Balaban J connectivity index is 2.28. The Morgan fingerprint density at radius 1 is 1.18 bits per heavy atom. The fourth-order valence-corrected chi connectivity index (χ4v) is 2.66. The second-order valence-electron chi connectivity index (χ2n) is 3.07. The van der Waals surface area contributed by atoms with Crippen LogP contribution in [0.1, 0.15) is 9.67 Å². The second-order valence-corrected chi connectivity index (χ2v) is 5.26. The number of thiophene rings is 1. The zero-order chi connectivity index (χ0) is 12.4. The van der Waals surface area contributed by atoms with Gasteiger partial charge in [-0.05, 0) is 23.6 Å². The Hall–Kier alpha value is -0.740. The van der Waals surface area contributed by atoms with Crippen LogP contribution in [-0.2, 0) is 0 Å². The fraction of sp³-hybridized carbons (Fsp3) is 0. The van der Waals surface area contributed by atoms with Crippen molar-refractivity contribution in [2.24, 2.45) is 0 Å². The lowest BCUT2D eigenvalue weighted by Crippen LogP contribution is -2.07. The van der Waals surface area contributed by atoms with Gasteiger partial charge >= 0.3 is 5.97 Å². The summed E-state index contributed by atoms with van der Waals surface area (Å²) in [5, 5.41) is 2.57. The molecule has 1 heterocycles. The standard InChI is InChI=1S/C11H5Cl3O2S/c12-6-4-7(13)10(8(14)5-6)16-11(15)9-2-1-3-17-9/h1-5H. The van der Waals surface area contributed by atoms with E-state index in [1.165, 1.54) is 23.5 Å². The number of halogens is 3. The van der Waals surface area contributed by atoms with E-state index < -0.39 is 5.97 Å². The van der Waals surface area contributed by atoms with Crippen molar-refractivity contribution >= 4 is 52.1 Å². The first-order valence-corrected chi connectivity index (χ1v) is 6.49. The number of ether oxygens (including phenoxy) is 1. The molecule has 0 spiro atoms. The van der Waals surface area contributed by atoms with Gasteiger partial charge in [0, 0.05) is 5.02 Å². The van der Waals surface area contributed by atoms with E-state index in [1.54, 1.807) is 17.5 Å². The molecule has 2 nitrogen and oxygen atoms in total. The molecule has 0 N–H and O–H groups in total. The molecule has 1 aromatic carbocycles. The largest absolute Gasteiger partial charge is 0.419 e. The van der Waals surface area contributed by atoms with E-state index in [0.717, 1.165) is 0 Å².